The zero-order valence-corrected chi connectivity index (χ0v) is 8.87. The largest absolute Gasteiger partial charge is 0.377 e. The number of hydrogen-bond donors (Lipinski definition) is 0. The highest BCUT2D eigenvalue weighted by Crippen LogP contribution is 2.15. The number of likely N-dealkylation sites (N-methyl/N-ethyl adjacent to an activating group) is 1. The van der Waals surface area contributed by atoms with Gasteiger partial charge in [-0.2, -0.15) is 8.42 Å². The zero-order valence-electron chi connectivity index (χ0n) is 8.06. The summed E-state index contributed by atoms with van der Waals surface area (Å²) in [5.74, 6) is 0. The van der Waals surface area contributed by atoms with Crippen molar-refractivity contribution in [1.82, 2.24) is 4.90 Å². The minimum atomic E-state index is -3.38. The molecule has 1 heterocycles. The fourth-order valence-corrected chi connectivity index (χ4v) is 1.95. The molecule has 1 fully saturated rings. The Labute approximate surface area is 78.7 Å². The van der Waals surface area contributed by atoms with E-state index in [1.54, 1.807) is 0 Å². The minimum Gasteiger partial charge on any atom is -0.377 e. The maximum atomic E-state index is 10.9. The molecule has 78 valence electrons. The first kappa shape index (κ1) is 10.9. The van der Waals surface area contributed by atoms with Gasteiger partial charge in [0.1, 0.15) is 6.10 Å². The Hall–Kier alpha value is -0.170. The lowest BCUT2D eigenvalue weighted by Gasteiger charge is -2.22. The van der Waals surface area contributed by atoms with Gasteiger partial charge in [-0.3, -0.25) is 4.18 Å². The predicted octanol–water partition coefficient (Wildman–Crippen LogP) is -0.708. The molecule has 0 spiro atoms. The summed E-state index contributed by atoms with van der Waals surface area (Å²) < 4.78 is 31.7. The van der Waals surface area contributed by atoms with E-state index in [-0.39, 0.29) is 12.1 Å². The summed E-state index contributed by atoms with van der Waals surface area (Å²) in [7, 11) is 0.365. The summed E-state index contributed by atoms with van der Waals surface area (Å²) >= 11 is 0. The third-order valence-corrected chi connectivity index (χ3v) is 2.56. The average Bonchev–Trinajstić information content (AvgIpc) is 2.31. The molecule has 0 aromatic carbocycles. The maximum absolute atomic E-state index is 10.9. The van der Waals surface area contributed by atoms with Gasteiger partial charge in [-0.15, -0.1) is 0 Å². The third-order valence-electron chi connectivity index (χ3n) is 1.96. The average molecular weight is 209 g/mol. The number of nitrogens with zero attached hydrogens (tertiary/aromatic N) is 1. The molecule has 1 rings (SSSR count). The molecular weight excluding hydrogens is 194 g/mol. The molecule has 0 aliphatic carbocycles. The van der Waals surface area contributed by atoms with Gasteiger partial charge < -0.3 is 9.64 Å². The molecule has 0 aromatic heterocycles. The lowest BCUT2D eigenvalue weighted by molar-refractivity contribution is 0.134. The Morgan fingerprint density at radius 2 is 2.00 bits per heavy atom. The second-order valence-electron chi connectivity index (χ2n) is 3.41. The normalized spacial score (nSPS) is 29.8. The van der Waals surface area contributed by atoms with Crippen LogP contribution < -0.4 is 0 Å². The van der Waals surface area contributed by atoms with E-state index in [0.29, 0.717) is 13.2 Å². The standard InChI is InChI=1S/C7H15NO4S/c1-8(2)6-4-11-5-7(6)12-13(3,9)10/h6-7H,4-5H2,1-3H3/t6-,7-/m0/s1. The molecule has 0 radical (unpaired) electrons. The Kier molecular flexibility index (Phi) is 3.28. The van der Waals surface area contributed by atoms with Crippen molar-refractivity contribution in [2.24, 2.45) is 0 Å². The quantitative estimate of drug-likeness (QED) is 0.575. The summed E-state index contributed by atoms with van der Waals surface area (Å²) in [6.07, 6.45) is 0.683. The lowest BCUT2D eigenvalue weighted by Crippen LogP contribution is -2.40. The first-order chi connectivity index (χ1) is 5.90. The Bertz CT molecular complexity index is 262. The van der Waals surface area contributed by atoms with Crippen LogP contribution in [0.2, 0.25) is 0 Å². The van der Waals surface area contributed by atoms with Crippen LogP contribution in [0.4, 0.5) is 0 Å². The van der Waals surface area contributed by atoms with Gasteiger partial charge in [0.15, 0.2) is 0 Å². The van der Waals surface area contributed by atoms with E-state index in [1.807, 2.05) is 19.0 Å². The van der Waals surface area contributed by atoms with E-state index in [1.165, 1.54) is 0 Å². The van der Waals surface area contributed by atoms with Crippen LogP contribution in [0, 0.1) is 0 Å². The Morgan fingerprint density at radius 3 is 2.46 bits per heavy atom. The van der Waals surface area contributed by atoms with Gasteiger partial charge in [-0.05, 0) is 14.1 Å². The monoisotopic (exact) mass is 209 g/mol. The summed E-state index contributed by atoms with van der Waals surface area (Å²) in [4.78, 5) is 1.91. The summed E-state index contributed by atoms with van der Waals surface area (Å²) in [6.45, 7) is 0.864. The molecule has 1 saturated heterocycles. The van der Waals surface area contributed by atoms with E-state index in [2.05, 4.69) is 0 Å². The second-order valence-corrected chi connectivity index (χ2v) is 5.01. The molecule has 1 aliphatic heterocycles. The number of hydrogen-bond acceptors (Lipinski definition) is 5. The highest BCUT2D eigenvalue weighted by Gasteiger charge is 2.33. The summed E-state index contributed by atoms with van der Waals surface area (Å²) in [6, 6.07) is 0.0229. The highest BCUT2D eigenvalue weighted by molar-refractivity contribution is 7.86. The number of rotatable bonds is 3. The maximum Gasteiger partial charge on any atom is 0.264 e. The molecule has 0 aromatic rings. The van der Waals surface area contributed by atoms with Gasteiger partial charge in [0.25, 0.3) is 10.1 Å². The fourth-order valence-electron chi connectivity index (χ4n) is 1.32. The fraction of sp³-hybridized carbons (Fsp3) is 1.00. The van der Waals surface area contributed by atoms with Crippen molar-refractivity contribution < 1.29 is 17.3 Å². The molecule has 0 amide bonds. The molecular formula is C7H15NO4S. The molecule has 6 heteroatoms. The summed E-state index contributed by atoms with van der Waals surface area (Å²) in [5.41, 5.74) is 0. The van der Waals surface area contributed by atoms with E-state index < -0.39 is 10.1 Å². The van der Waals surface area contributed by atoms with E-state index in [4.69, 9.17) is 8.92 Å². The van der Waals surface area contributed by atoms with Gasteiger partial charge in [0, 0.05) is 0 Å². The van der Waals surface area contributed by atoms with Crippen LogP contribution in [0.25, 0.3) is 0 Å². The van der Waals surface area contributed by atoms with Crippen LogP contribution in [-0.4, -0.2) is 59.0 Å². The molecule has 0 N–H and O–H groups in total. The Morgan fingerprint density at radius 1 is 1.38 bits per heavy atom. The first-order valence-electron chi connectivity index (χ1n) is 4.02. The third kappa shape index (κ3) is 3.22. The topological polar surface area (TPSA) is 55.8 Å². The van der Waals surface area contributed by atoms with Gasteiger partial charge in [-0.25, -0.2) is 0 Å². The van der Waals surface area contributed by atoms with Crippen molar-refractivity contribution in [3.8, 4) is 0 Å². The van der Waals surface area contributed by atoms with Crippen LogP contribution in [-0.2, 0) is 19.0 Å². The van der Waals surface area contributed by atoms with Crippen molar-refractivity contribution in [1.29, 1.82) is 0 Å². The Balaban J connectivity index is 2.59. The van der Waals surface area contributed by atoms with Gasteiger partial charge in [0.05, 0.1) is 25.5 Å². The van der Waals surface area contributed by atoms with Gasteiger partial charge in [0.2, 0.25) is 0 Å². The van der Waals surface area contributed by atoms with Crippen molar-refractivity contribution >= 4 is 10.1 Å². The van der Waals surface area contributed by atoms with E-state index >= 15 is 0 Å². The predicted molar refractivity (Wildman–Crippen MR) is 48.0 cm³/mol. The van der Waals surface area contributed by atoms with Crippen molar-refractivity contribution in [3.63, 3.8) is 0 Å². The van der Waals surface area contributed by atoms with Crippen LogP contribution in [0.15, 0.2) is 0 Å². The zero-order chi connectivity index (χ0) is 10.1. The molecule has 5 nitrogen and oxygen atoms in total. The highest BCUT2D eigenvalue weighted by atomic mass is 32.2. The molecule has 0 bridgehead atoms. The van der Waals surface area contributed by atoms with E-state index in [0.717, 1.165) is 6.26 Å². The molecule has 13 heavy (non-hydrogen) atoms. The van der Waals surface area contributed by atoms with Crippen molar-refractivity contribution in [2.45, 2.75) is 12.1 Å². The smallest absolute Gasteiger partial charge is 0.264 e. The molecule has 0 saturated carbocycles. The van der Waals surface area contributed by atoms with Crippen molar-refractivity contribution in [2.75, 3.05) is 33.6 Å². The van der Waals surface area contributed by atoms with Crippen LogP contribution in [0.3, 0.4) is 0 Å². The van der Waals surface area contributed by atoms with Crippen LogP contribution >= 0.6 is 0 Å². The lowest BCUT2D eigenvalue weighted by atomic mass is 10.2. The second kappa shape index (κ2) is 3.91. The minimum absolute atomic E-state index is 0.0229. The SMILES string of the molecule is CN(C)[C@H]1COC[C@@H]1OS(C)(=O)=O. The number of ether oxygens (including phenoxy) is 1. The molecule has 1 aliphatic rings. The van der Waals surface area contributed by atoms with Gasteiger partial charge in [-0.1, -0.05) is 0 Å². The summed E-state index contributed by atoms with van der Waals surface area (Å²) in [5, 5.41) is 0. The van der Waals surface area contributed by atoms with E-state index in [9.17, 15) is 8.42 Å². The van der Waals surface area contributed by atoms with Crippen LogP contribution in [0.1, 0.15) is 0 Å². The van der Waals surface area contributed by atoms with Gasteiger partial charge >= 0.3 is 0 Å². The molecule has 0 unspecified atom stereocenters. The van der Waals surface area contributed by atoms with Crippen LogP contribution in [0.5, 0.6) is 0 Å². The molecule has 2 atom stereocenters. The first-order valence-corrected chi connectivity index (χ1v) is 5.84. The van der Waals surface area contributed by atoms with Crippen molar-refractivity contribution in [3.05, 3.63) is 0 Å².